The van der Waals surface area contributed by atoms with Gasteiger partial charge in [0.15, 0.2) is 0 Å². The fourth-order valence-electron chi connectivity index (χ4n) is 4.32. The van der Waals surface area contributed by atoms with Crippen LogP contribution in [0.1, 0.15) is 22.7 Å². The van der Waals surface area contributed by atoms with Crippen LogP contribution in [-0.4, -0.2) is 26.7 Å². The van der Waals surface area contributed by atoms with E-state index in [4.69, 9.17) is 20.3 Å². The summed E-state index contributed by atoms with van der Waals surface area (Å²) in [6, 6.07) is 21.5. The third-order valence-electron chi connectivity index (χ3n) is 5.74. The number of nitrogens with zero attached hydrogens (tertiary/aromatic N) is 5. The first-order valence-corrected chi connectivity index (χ1v) is 10.4. The Bertz CT molecular complexity index is 1430. The Balaban J connectivity index is 1.87. The second kappa shape index (κ2) is 7.88. The van der Waals surface area contributed by atoms with Gasteiger partial charge in [-0.25, -0.2) is 0 Å². The van der Waals surface area contributed by atoms with Crippen LogP contribution in [0.2, 0.25) is 0 Å². The van der Waals surface area contributed by atoms with Crippen LogP contribution in [0.15, 0.2) is 72.1 Å². The van der Waals surface area contributed by atoms with E-state index in [1.165, 1.54) is 0 Å². The molecule has 5 rings (SSSR count). The van der Waals surface area contributed by atoms with Crippen LogP contribution < -0.4 is 15.2 Å². The molecule has 0 spiro atoms. The Labute approximate surface area is 191 Å². The average molecular weight is 438 g/mol. The maximum atomic E-state index is 10.1. The lowest BCUT2D eigenvalue weighted by Crippen LogP contribution is -2.22. The molecule has 1 aliphatic rings. The molecule has 1 aliphatic heterocycles. The Morgan fingerprint density at radius 2 is 1.82 bits per heavy atom. The molecule has 0 bridgehead atoms. The largest absolute Gasteiger partial charge is 0.496 e. The summed E-state index contributed by atoms with van der Waals surface area (Å²) in [5.41, 5.74) is 11.3. The van der Waals surface area contributed by atoms with Crippen LogP contribution in [-0.2, 0) is 7.05 Å². The standard InChI is InChI=1S/C25H22N6O2/c1-15-13-19(30(2)28-15)23-22-21(17-11-7-8-12-20(17)32-3)18(14-26)24(27)33-25(22)31(29-23)16-9-5-4-6-10-16/h4-13,21H,27H2,1-3H3. The van der Waals surface area contributed by atoms with Gasteiger partial charge in [-0.3, -0.25) is 4.68 Å². The number of allylic oxidation sites excluding steroid dienone is 1. The minimum Gasteiger partial charge on any atom is -0.496 e. The first kappa shape index (κ1) is 20.4. The van der Waals surface area contributed by atoms with Crippen molar-refractivity contribution < 1.29 is 9.47 Å². The summed E-state index contributed by atoms with van der Waals surface area (Å²) in [5.74, 6) is 0.626. The van der Waals surface area contributed by atoms with Crippen LogP contribution in [0.4, 0.5) is 0 Å². The van der Waals surface area contributed by atoms with Gasteiger partial charge in [-0.15, -0.1) is 0 Å². The van der Waals surface area contributed by atoms with Crippen molar-refractivity contribution in [3.8, 4) is 34.8 Å². The van der Waals surface area contributed by atoms with E-state index in [1.54, 1.807) is 16.5 Å². The van der Waals surface area contributed by atoms with Gasteiger partial charge in [-0.1, -0.05) is 36.4 Å². The summed E-state index contributed by atoms with van der Waals surface area (Å²) in [7, 11) is 3.48. The summed E-state index contributed by atoms with van der Waals surface area (Å²) in [6.07, 6.45) is 0. The maximum Gasteiger partial charge on any atom is 0.229 e. The van der Waals surface area contributed by atoms with Gasteiger partial charge in [-0.2, -0.15) is 20.1 Å². The number of para-hydroxylation sites is 2. The molecule has 8 nitrogen and oxygen atoms in total. The fourth-order valence-corrected chi connectivity index (χ4v) is 4.32. The van der Waals surface area contributed by atoms with E-state index in [0.717, 1.165) is 28.2 Å². The average Bonchev–Trinajstić information content (AvgIpc) is 3.37. The zero-order chi connectivity index (χ0) is 23.1. The quantitative estimate of drug-likeness (QED) is 0.520. The molecule has 3 heterocycles. The monoisotopic (exact) mass is 438 g/mol. The Kier molecular flexibility index (Phi) is 4.87. The normalized spacial score (nSPS) is 15.0. The number of benzene rings is 2. The van der Waals surface area contributed by atoms with Crippen molar-refractivity contribution in [2.45, 2.75) is 12.8 Å². The molecule has 164 valence electrons. The number of fused-ring (bicyclic) bond motifs is 1. The Hall–Kier alpha value is -4.51. The third kappa shape index (κ3) is 3.22. The highest BCUT2D eigenvalue weighted by molar-refractivity contribution is 5.71. The highest BCUT2D eigenvalue weighted by Gasteiger charge is 2.39. The van der Waals surface area contributed by atoms with Gasteiger partial charge < -0.3 is 15.2 Å². The molecule has 33 heavy (non-hydrogen) atoms. The van der Waals surface area contributed by atoms with Gasteiger partial charge in [0.2, 0.25) is 11.8 Å². The molecule has 0 aliphatic carbocycles. The zero-order valence-corrected chi connectivity index (χ0v) is 18.5. The molecule has 0 fully saturated rings. The number of aryl methyl sites for hydroxylation is 2. The van der Waals surface area contributed by atoms with Crippen molar-refractivity contribution in [3.05, 3.63) is 88.9 Å². The van der Waals surface area contributed by atoms with Gasteiger partial charge in [0.25, 0.3) is 0 Å². The first-order chi connectivity index (χ1) is 16.0. The van der Waals surface area contributed by atoms with Crippen LogP contribution >= 0.6 is 0 Å². The van der Waals surface area contributed by atoms with Gasteiger partial charge in [0, 0.05) is 12.6 Å². The van der Waals surface area contributed by atoms with Gasteiger partial charge >= 0.3 is 0 Å². The van der Waals surface area contributed by atoms with Crippen molar-refractivity contribution in [1.82, 2.24) is 19.6 Å². The molecule has 2 N–H and O–H groups in total. The number of methoxy groups -OCH3 is 1. The number of aromatic nitrogens is 4. The minimum atomic E-state index is -0.530. The van der Waals surface area contributed by atoms with Crippen molar-refractivity contribution >= 4 is 0 Å². The Morgan fingerprint density at radius 3 is 2.48 bits per heavy atom. The maximum absolute atomic E-state index is 10.1. The highest BCUT2D eigenvalue weighted by atomic mass is 16.5. The predicted molar refractivity (Wildman–Crippen MR) is 123 cm³/mol. The van der Waals surface area contributed by atoms with E-state index in [1.807, 2.05) is 74.6 Å². The van der Waals surface area contributed by atoms with E-state index in [9.17, 15) is 5.26 Å². The lowest BCUT2D eigenvalue weighted by molar-refractivity contribution is 0.364. The molecule has 1 atom stereocenters. The molecule has 4 aromatic rings. The number of nitrogens with two attached hydrogens (primary N) is 1. The fraction of sp³-hybridized carbons (Fsp3) is 0.160. The molecule has 8 heteroatoms. The molecular weight excluding hydrogens is 416 g/mol. The van der Waals surface area contributed by atoms with Crippen molar-refractivity contribution in [2.75, 3.05) is 7.11 Å². The van der Waals surface area contributed by atoms with Crippen LogP contribution in [0.25, 0.3) is 17.1 Å². The number of rotatable bonds is 4. The molecule has 0 saturated carbocycles. The van der Waals surface area contributed by atoms with Gasteiger partial charge in [0.1, 0.15) is 23.1 Å². The van der Waals surface area contributed by atoms with Crippen LogP contribution in [0, 0.1) is 18.3 Å². The zero-order valence-electron chi connectivity index (χ0n) is 18.5. The van der Waals surface area contributed by atoms with Crippen LogP contribution in [0.5, 0.6) is 11.6 Å². The van der Waals surface area contributed by atoms with Gasteiger partial charge in [0.05, 0.1) is 35.7 Å². The summed E-state index contributed by atoms with van der Waals surface area (Å²) in [6.45, 7) is 1.93. The smallest absolute Gasteiger partial charge is 0.229 e. The Morgan fingerprint density at radius 1 is 1.09 bits per heavy atom. The third-order valence-corrected chi connectivity index (χ3v) is 5.74. The SMILES string of the molecule is COc1ccccc1C1C(C#N)=C(N)Oc2c1c(-c1cc(C)nn1C)nn2-c1ccccc1. The second-order valence-corrected chi connectivity index (χ2v) is 7.78. The highest BCUT2D eigenvalue weighted by Crippen LogP contribution is 2.49. The molecule has 2 aromatic heterocycles. The summed E-state index contributed by atoms with van der Waals surface area (Å²) >= 11 is 0. The molecule has 1 unspecified atom stereocenters. The number of hydrogen-bond acceptors (Lipinski definition) is 6. The van der Waals surface area contributed by atoms with Crippen molar-refractivity contribution in [1.29, 1.82) is 5.26 Å². The van der Waals surface area contributed by atoms with Crippen molar-refractivity contribution in [2.24, 2.45) is 12.8 Å². The van der Waals surface area contributed by atoms with Crippen LogP contribution in [0.3, 0.4) is 0 Å². The van der Waals surface area contributed by atoms with E-state index in [-0.39, 0.29) is 5.88 Å². The molecule has 0 amide bonds. The van der Waals surface area contributed by atoms with E-state index < -0.39 is 5.92 Å². The topological polar surface area (TPSA) is 104 Å². The molecule has 2 aromatic carbocycles. The number of hydrogen-bond donors (Lipinski definition) is 1. The predicted octanol–water partition coefficient (Wildman–Crippen LogP) is 3.81. The number of ether oxygens (including phenoxy) is 2. The molecular formula is C25H22N6O2. The molecule has 0 saturated heterocycles. The summed E-state index contributed by atoms with van der Waals surface area (Å²) < 4.78 is 15.2. The van der Waals surface area contributed by atoms with Crippen molar-refractivity contribution in [3.63, 3.8) is 0 Å². The summed E-state index contributed by atoms with van der Waals surface area (Å²) in [5, 5.41) is 19.5. The minimum absolute atomic E-state index is 0.0470. The molecule has 0 radical (unpaired) electrons. The summed E-state index contributed by atoms with van der Waals surface area (Å²) in [4.78, 5) is 0. The first-order valence-electron chi connectivity index (χ1n) is 10.4. The van der Waals surface area contributed by atoms with E-state index >= 15 is 0 Å². The van der Waals surface area contributed by atoms with E-state index in [2.05, 4.69) is 11.2 Å². The lowest BCUT2D eigenvalue weighted by atomic mass is 9.83. The van der Waals surface area contributed by atoms with Gasteiger partial charge in [-0.05, 0) is 31.2 Å². The lowest BCUT2D eigenvalue weighted by Gasteiger charge is -2.26. The number of nitriles is 1. The second-order valence-electron chi connectivity index (χ2n) is 7.78. The van der Waals surface area contributed by atoms with E-state index in [0.29, 0.717) is 22.9 Å².